The highest BCUT2D eigenvalue weighted by molar-refractivity contribution is 6.34. The van der Waals surface area contributed by atoms with Gasteiger partial charge in [-0.1, -0.05) is 35.9 Å². The second-order valence-electron chi connectivity index (χ2n) is 9.67. The number of non-ortho nitro benzene ring substituents is 1. The fourth-order valence-corrected chi connectivity index (χ4v) is 5.57. The SMILES string of the molecule is CCOc1ccc(C=C2CCCC3C2=NN(C(=O)c2cc([N+](=O)[O-])ccc2Cl)C3c2ccc(OCC)cc2)cc1. The van der Waals surface area contributed by atoms with Crippen molar-refractivity contribution in [2.75, 3.05) is 13.2 Å². The number of nitrogens with zero attached hydrogens (tertiary/aromatic N) is 3. The molecule has 1 amide bonds. The molecule has 0 N–H and O–H groups in total. The average molecular weight is 560 g/mol. The van der Waals surface area contributed by atoms with Crippen molar-refractivity contribution in [3.8, 4) is 11.5 Å². The Morgan fingerprint density at radius 1 is 1.05 bits per heavy atom. The summed E-state index contributed by atoms with van der Waals surface area (Å²) in [6.07, 6.45) is 4.74. The van der Waals surface area contributed by atoms with Crippen LogP contribution in [0.2, 0.25) is 5.02 Å². The third-order valence-corrected chi connectivity index (χ3v) is 7.50. The zero-order valence-electron chi connectivity index (χ0n) is 22.4. The van der Waals surface area contributed by atoms with Crippen LogP contribution in [0.3, 0.4) is 0 Å². The normalized spacial score (nSPS) is 19.2. The molecule has 0 saturated heterocycles. The van der Waals surface area contributed by atoms with E-state index < -0.39 is 16.9 Å². The lowest BCUT2D eigenvalue weighted by Crippen LogP contribution is -2.32. The van der Waals surface area contributed by atoms with Gasteiger partial charge in [-0.05, 0) is 86.2 Å². The zero-order valence-corrected chi connectivity index (χ0v) is 23.1. The van der Waals surface area contributed by atoms with Gasteiger partial charge in [-0.15, -0.1) is 0 Å². The van der Waals surface area contributed by atoms with Gasteiger partial charge in [-0.25, -0.2) is 5.01 Å². The third kappa shape index (κ3) is 5.58. The van der Waals surface area contributed by atoms with E-state index in [4.69, 9.17) is 26.2 Å². The minimum absolute atomic E-state index is 0.0398. The van der Waals surface area contributed by atoms with Crippen LogP contribution >= 0.6 is 11.6 Å². The number of carbonyl (C=O) groups is 1. The van der Waals surface area contributed by atoms with Crippen molar-refractivity contribution in [1.82, 2.24) is 5.01 Å². The summed E-state index contributed by atoms with van der Waals surface area (Å²) in [7, 11) is 0. The van der Waals surface area contributed by atoms with Crippen molar-refractivity contribution < 1.29 is 19.2 Å². The number of amides is 1. The van der Waals surface area contributed by atoms with E-state index in [1.165, 1.54) is 23.2 Å². The lowest BCUT2D eigenvalue weighted by Gasteiger charge is -2.30. The first-order chi connectivity index (χ1) is 19.4. The molecule has 9 heteroatoms. The number of fused-ring (bicyclic) bond motifs is 1. The Labute approximate surface area is 238 Å². The molecule has 5 rings (SSSR count). The number of halogens is 1. The summed E-state index contributed by atoms with van der Waals surface area (Å²) in [6.45, 7) is 5.03. The number of nitro groups is 1. The number of ether oxygens (including phenoxy) is 2. The number of hydrogen-bond donors (Lipinski definition) is 0. The van der Waals surface area contributed by atoms with Gasteiger partial charge in [-0.2, -0.15) is 5.10 Å². The molecule has 1 aliphatic carbocycles. The number of nitro benzene ring substituents is 1. The number of hydrazone groups is 1. The molecule has 1 saturated carbocycles. The molecule has 0 radical (unpaired) electrons. The summed E-state index contributed by atoms with van der Waals surface area (Å²) >= 11 is 6.39. The van der Waals surface area contributed by atoms with E-state index in [2.05, 4.69) is 6.08 Å². The van der Waals surface area contributed by atoms with E-state index in [1.807, 2.05) is 62.4 Å². The van der Waals surface area contributed by atoms with E-state index in [0.717, 1.165) is 53.2 Å². The second kappa shape index (κ2) is 11.9. The Kier molecular flexibility index (Phi) is 8.16. The minimum Gasteiger partial charge on any atom is -0.494 e. The van der Waals surface area contributed by atoms with Gasteiger partial charge in [-0.3, -0.25) is 14.9 Å². The van der Waals surface area contributed by atoms with Crippen molar-refractivity contribution in [1.29, 1.82) is 0 Å². The number of benzene rings is 3. The monoisotopic (exact) mass is 559 g/mol. The summed E-state index contributed by atoms with van der Waals surface area (Å²) in [5.41, 5.74) is 3.69. The third-order valence-electron chi connectivity index (χ3n) is 7.17. The highest BCUT2D eigenvalue weighted by Gasteiger charge is 2.44. The molecule has 3 aromatic rings. The Morgan fingerprint density at radius 2 is 1.70 bits per heavy atom. The van der Waals surface area contributed by atoms with Gasteiger partial charge in [0.05, 0.1) is 40.5 Å². The molecule has 1 heterocycles. The Morgan fingerprint density at radius 3 is 2.33 bits per heavy atom. The van der Waals surface area contributed by atoms with Crippen LogP contribution in [0.15, 0.2) is 77.4 Å². The van der Waals surface area contributed by atoms with Crippen LogP contribution in [-0.4, -0.2) is 34.8 Å². The van der Waals surface area contributed by atoms with Gasteiger partial charge in [0.15, 0.2) is 0 Å². The molecule has 8 nitrogen and oxygen atoms in total. The summed E-state index contributed by atoms with van der Waals surface area (Å²) in [5, 5.41) is 17.9. The van der Waals surface area contributed by atoms with Gasteiger partial charge in [0.1, 0.15) is 11.5 Å². The van der Waals surface area contributed by atoms with E-state index >= 15 is 0 Å². The lowest BCUT2D eigenvalue weighted by atomic mass is 9.77. The maximum atomic E-state index is 14.0. The molecule has 206 valence electrons. The van der Waals surface area contributed by atoms with Gasteiger partial charge >= 0.3 is 0 Å². The van der Waals surface area contributed by atoms with Crippen molar-refractivity contribution in [3.63, 3.8) is 0 Å². The maximum Gasteiger partial charge on any atom is 0.276 e. The highest BCUT2D eigenvalue weighted by atomic mass is 35.5. The summed E-state index contributed by atoms with van der Waals surface area (Å²) < 4.78 is 11.2. The smallest absolute Gasteiger partial charge is 0.276 e. The molecule has 0 aromatic heterocycles. The van der Waals surface area contributed by atoms with Gasteiger partial charge < -0.3 is 9.47 Å². The lowest BCUT2D eigenvalue weighted by molar-refractivity contribution is -0.384. The Balaban J connectivity index is 1.56. The van der Waals surface area contributed by atoms with Gasteiger partial charge in [0.2, 0.25) is 0 Å². The fraction of sp³-hybridized carbons (Fsp3) is 0.290. The van der Waals surface area contributed by atoms with Gasteiger partial charge in [0, 0.05) is 18.1 Å². The average Bonchev–Trinajstić information content (AvgIpc) is 3.35. The first-order valence-electron chi connectivity index (χ1n) is 13.4. The molecule has 1 fully saturated rings. The van der Waals surface area contributed by atoms with Crippen molar-refractivity contribution >= 4 is 35.0 Å². The molecular weight excluding hydrogens is 530 g/mol. The number of rotatable bonds is 8. The summed E-state index contributed by atoms with van der Waals surface area (Å²) in [6, 6.07) is 19.1. The molecule has 2 unspecified atom stereocenters. The Hall–Kier alpha value is -4.17. The topological polar surface area (TPSA) is 94.3 Å². The largest absolute Gasteiger partial charge is 0.494 e. The quantitative estimate of drug-likeness (QED) is 0.210. The van der Waals surface area contributed by atoms with E-state index in [-0.39, 0.29) is 22.2 Å². The zero-order chi connectivity index (χ0) is 28.2. The molecule has 1 aliphatic heterocycles. The van der Waals surface area contributed by atoms with Gasteiger partial charge in [0.25, 0.3) is 11.6 Å². The van der Waals surface area contributed by atoms with E-state index in [9.17, 15) is 14.9 Å². The van der Waals surface area contributed by atoms with Crippen molar-refractivity contribution in [2.45, 2.75) is 39.2 Å². The number of carbonyl (C=O) groups excluding carboxylic acids is 1. The molecule has 2 atom stereocenters. The van der Waals surface area contributed by atoms with Crippen molar-refractivity contribution in [3.05, 3.63) is 104 Å². The van der Waals surface area contributed by atoms with Crippen molar-refractivity contribution in [2.24, 2.45) is 11.0 Å². The molecule has 2 aliphatic rings. The number of hydrogen-bond acceptors (Lipinski definition) is 6. The van der Waals surface area contributed by atoms with Crippen LogP contribution in [0, 0.1) is 16.0 Å². The van der Waals surface area contributed by atoms with Crippen LogP contribution in [0.4, 0.5) is 5.69 Å². The minimum atomic E-state index is -0.537. The first kappa shape index (κ1) is 27.4. The van der Waals surface area contributed by atoms with Crippen LogP contribution in [0.5, 0.6) is 11.5 Å². The molecule has 0 bridgehead atoms. The number of allylic oxidation sites excluding steroid dienone is 1. The molecule has 0 spiro atoms. The Bertz CT molecular complexity index is 1470. The predicted octanol–water partition coefficient (Wildman–Crippen LogP) is 7.48. The molecular formula is C31H30ClN3O5. The molecule has 3 aromatic carbocycles. The summed E-state index contributed by atoms with van der Waals surface area (Å²) in [4.78, 5) is 24.9. The second-order valence-corrected chi connectivity index (χ2v) is 10.1. The van der Waals surface area contributed by atoms with E-state index in [1.54, 1.807) is 0 Å². The van der Waals surface area contributed by atoms with Crippen LogP contribution in [0.1, 0.15) is 60.6 Å². The fourth-order valence-electron chi connectivity index (χ4n) is 5.37. The standard InChI is InChI=1S/C31H30ClN3O5/c1-3-39-24-13-8-20(9-14-24)18-22-6-5-7-26-29(22)33-34(30(26)21-10-15-25(16-11-21)40-4-2)31(36)27-19-23(35(37)38)12-17-28(27)32/h8-19,26,30H,3-7H2,1-2H3. The highest BCUT2D eigenvalue weighted by Crippen LogP contribution is 2.45. The summed E-state index contributed by atoms with van der Waals surface area (Å²) in [5.74, 6) is 1.03. The van der Waals surface area contributed by atoms with Crippen LogP contribution in [0.25, 0.3) is 6.08 Å². The predicted molar refractivity (Wildman–Crippen MR) is 155 cm³/mol. The van der Waals surface area contributed by atoms with Crippen LogP contribution < -0.4 is 9.47 Å². The van der Waals surface area contributed by atoms with Crippen LogP contribution in [-0.2, 0) is 0 Å². The first-order valence-corrected chi connectivity index (χ1v) is 13.8. The van der Waals surface area contributed by atoms with E-state index in [0.29, 0.717) is 13.2 Å². The maximum absolute atomic E-state index is 14.0. The molecule has 40 heavy (non-hydrogen) atoms.